The normalized spacial score (nSPS) is 16.5. The molecule has 1 aliphatic carbocycles. The van der Waals surface area contributed by atoms with Gasteiger partial charge in [0.15, 0.2) is 0 Å². The van der Waals surface area contributed by atoms with Gasteiger partial charge in [-0.05, 0) is 0 Å². The van der Waals surface area contributed by atoms with Crippen LogP contribution < -0.4 is 0 Å². The van der Waals surface area contributed by atoms with Gasteiger partial charge >= 0.3 is 131 Å². The molecule has 0 saturated carbocycles. The van der Waals surface area contributed by atoms with E-state index < -0.39 is 0 Å². The van der Waals surface area contributed by atoms with E-state index in [0.717, 1.165) is 0 Å². The molecule has 0 spiro atoms. The van der Waals surface area contributed by atoms with Crippen LogP contribution in [-0.4, -0.2) is 0 Å². The fraction of sp³-hybridized carbons (Fsp3) is 0.222. The summed E-state index contributed by atoms with van der Waals surface area (Å²) in [7, 11) is 0. The Morgan fingerprint density at radius 3 is 2.30 bits per heavy atom. The summed E-state index contributed by atoms with van der Waals surface area (Å²) in [5, 5.41) is 0. The molecule has 20 heavy (non-hydrogen) atoms. The SMILES string of the molecule is CC(C)C1=Cc2c(-c3ccccc3)cccc2[CH]1[Zr].[Zr]. The molecule has 2 heteroatoms. The van der Waals surface area contributed by atoms with E-state index in [4.69, 9.17) is 0 Å². The summed E-state index contributed by atoms with van der Waals surface area (Å²) in [6.45, 7) is 4.60. The van der Waals surface area contributed by atoms with E-state index in [1.54, 1.807) is 30.3 Å². The van der Waals surface area contributed by atoms with E-state index in [2.05, 4.69) is 68.5 Å². The van der Waals surface area contributed by atoms with E-state index in [0.29, 0.717) is 9.54 Å². The Labute approximate surface area is 155 Å². The van der Waals surface area contributed by atoms with Gasteiger partial charge in [-0.2, -0.15) is 0 Å². The third-order valence-corrected chi connectivity index (χ3v) is 5.43. The van der Waals surface area contributed by atoms with Crippen LogP contribution >= 0.6 is 0 Å². The maximum Gasteiger partial charge on any atom is 0 e. The number of fused-ring (bicyclic) bond motifs is 1. The molecule has 1 aliphatic rings. The average molecular weight is 416 g/mol. The average Bonchev–Trinajstić information content (AvgIpc) is 2.78. The van der Waals surface area contributed by atoms with Crippen LogP contribution in [0.1, 0.15) is 28.6 Å². The van der Waals surface area contributed by atoms with Crippen molar-refractivity contribution in [2.75, 3.05) is 0 Å². The first-order valence-electron chi connectivity index (χ1n) is 6.79. The minimum absolute atomic E-state index is 0. The summed E-state index contributed by atoms with van der Waals surface area (Å²) in [6.07, 6.45) is 2.43. The predicted molar refractivity (Wildman–Crippen MR) is 77.4 cm³/mol. The van der Waals surface area contributed by atoms with Gasteiger partial charge in [-0.15, -0.1) is 0 Å². The van der Waals surface area contributed by atoms with Crippen molar-refractivity contribution in [2.24, 2.45) is 5.92 Å². The van der Waals surface area contributed by atoms with Gasteiger partial charge in [-0.1, -0.05) is 0 Å². The van der Waals surface area contributed by atoms with Gasteiger partial charge in [-0.25, -0.2) is 0 Å². The van der Waals surface area contributed by atoms with Gasteiger partial charge in [0.1, 0.15) is 0 Å². The molecule has 0 bridgehead atoms. The molecule has 2 aromatic rings. The standard InChI is InChI=1S/C18H17.2Zr/c1-13(2)16-11-15-9-6-10-17(18(15)12-16)14-7-4-3-5-8-14;;/h3-13H,1-2H3;;. The molecular weight excluding hydrogens is 399 g/mol. The van der Waals surface area contributed by atoms with Crippen molar-refractivity contribution in [3.05, 3.63) is 65.2 Å². The van der Waals surface area contributed by atoms with Gasteiger partial charge in [-0.3, -0.25) is 0 Å². The van der Waals surface area contributed by atoms with Gasteiger partial charge in [0.25, 0.3) is 0 Å². The Bertz CT molecular complexity index is 627. The largest absolute Gasteiger partial charge is 0 e. The summed E-state index contributed by atoms with van der Waals surface area (Å²) in [5.41, 5.74) is 7.25. The van der Waals surface area contributed by atoms with Crippen molar-refractivity contribution in [3.63, 3.8) is 0 Å². The van der Waals surface area contributed by atoms with Gasteiger partial charge in [0.2, 0.25) is 0 Å². The van der Waals surface area contributed by atoms with Crippen LogP contribution in [0.2, 0.25) is 0 Å². The number of hydrogen-bond donors (Lipinski definition) is 0. The van der Waals surface area contributed by atoms with E-state index in [9.17, 15) is 0 Å². The van der Waals surface area contributed by atoms with Gasteiger partial charge < -0.3 is 0 Å². The van der Waals surface area contributed by atoms with E-state index in [1.165, 1.54) is 22.3 Å². The van der Waals surface area contributed by atoms with Crippen molar-refractivity contribution < 1.29 is 50.9 Å². The third kappa shape index (κ3) is 2.93. The molecular formula is C18H17Zr2. The predicted octanol–water partition coefficient (Wildman–Crippen LogP) is 4.99. The Kier molecular flexibility index (Phi) is 5.55. The molecule has 0 saturated heterocycles. The summed E-state index contributed by atoms with van der Waals surface area (Å²) in [5.74, 6) is 0.639. The van der Waals surface area contributed by atoms with Crippen molar-refractivity contribution in [2.45, 2.75) is 17.5 Å². The second-order valence-electron chi connectivity index (χ2n) is 5.41. The zero-order chi connectivity index (χ0) is 13.4. The molecule has 1 atom stereocenters. The van der Waals surface area contributed by atoms with Crippen molar-refractivity contribution in [3.8, 4) is 11.1 Å². The molecule has 0 aromatic heterocycles. The molecule has 3 rings (SSSR count). The molecule has 0 nitrogen and oxygen atoms in total. The van der Waals surface area contributed by atoms with Crippen LogP contribution in [0.3, 0.4) is 0 Å². The van der Waals surface area contributed by atoms with E-state index in [-0.39, 0.29) is 26.2 Å². The van der Waals surface area contributed by atoms with Crippen molar-refractivity contribution in [1.82, 2.24) is 0 Å². The minimum Gasteiger partial charge on any atom is 0 e. The Hall–Kier alpha value is -0.0538. The molecule has 0 amide bonds. The van der Waals surface area contributed by atoms with Crippen LogP contribution in [0.5, 0.6) is 0 Å². The first kappa shape index (κ1) is 16.3. The Morgan fingerprint density at radius 1 is 0.950 bits per heavy atom. The van der Waals surface area contributed by atoms with Crippen molar-refractivity contribution in [1.29, 1.82) is 0 Å². The van der Waals surface area contributed by atoms with Crippen molar-refractivity contribution >= 4 is 6.08 Å². The molecule has 0 radical (unpaired) electrons. The third-order valence-electron chi connectivity index (χ3n) is 3.85. The molecule has 0 N–H and O–H groups in total. The monoisotopic (exact) mass is 413 g/mol. The zero-order valence-electron chi connectivity index (χ0n) is 11.9. The summed E-state index contributed by atoms with van der Waals surface area (Å²) >= 11 is 1.60. The van der Waals surface area contributed by atoms with Gasteiger partial charge in [0, 0.05) is 26.2 Å². The molecule has 1 unspecified atom stereocenters. The van der Waals surface area contributed by atoms with E-state index >= 15 is 0 Å². The number of allylic oxidation sites excluding steroid dienone is 1. The smallest absolute Gasteiger partial charge is 0 e. The quantitative estimate of drug-likeness (QED) is 0.648. The van der Waals surface area contributed by atoms with Crippen LogP contribution in [0.25, 0.3) is 17.2 Å². The zero-order valence-corrected chi connectivity index (χ0v) is 16.8. The summed E-state index contributed by atoms with van der Waals surface area (Å²) in [6, 6.07) is 17.5. The Balaban J connectivity index is 0.00000147. The molecule has 97 valence electrons. The Morgan fingerprint density at radius 2 is 1.65 bits per heavy atom. The number of benzene rings is 2. The topological polar surface area (TPSA) is 0 Å². The van der Waals surface area contributed by atoms with Gasteiger partial charge in [0.05, 0.1) is 0 Å². The minimum atomic E-state index is 0. The first-order chi connectivity index (χ1) is 9.18. The fourth-order valence-corrected chi connectivity index (χ4v) is 4.44. The number of rotatable bonds is 2. The molecule has 0 fully saturated rings. The maximum absolute atomic E-state index is 2.43. The fourth-order valence-electron chi connectivity index (χ4n) is 2.79. The van der Waals surface area contributed by atoms with Crippen LogP contribution in [0.4, 0.5) is 0 Å². The molecule has 0 heterocycles. The molecule has 0 aliphatic heterocycles. The first-order valence-corrected chi connectivity index (χ1v) is 8.21. The second-order valence-corrected chi connectivity index (χ2v) is 6.83. The van der Waals surface area contributed by atoms with Crippen LogP contribution in [-0.2, 0) is 50.9 Å². The maximum atomic E-state index is 2.43. The second kappa shape index (κ2) is 6.80. The van der Waals surface area contributed by atoms with Crippen LogP contribution in [0, 0.1) is 5.92 Å². The summed E-state index contributed by atoms with van der Waals surface area (Å²) < 4.78 is 0.644. The molecule has 2 aromatic carbocycles. The van der Waals surface area contributed by atoms with E-state index in [1.807, 2.05) is 0 Å². The summed E-state index contributed by atoms with van der Waals surface area (Å²) in [4.78, 5) is 0. The van der Waals surface area contributed by atoms with Crippen LogP contribution in [0.15, 0.2) is 54.1 Å². The number of hydrogen-bond acceptors (Lipinski definition) is 0.